The average Bonchev–Trinajstić information content (AvgIpc) is 2.52. The van der Waals surface area contributed by atoms with Crippen molar-refractivity contribution in [2.24, 2.45) is 0 Å². The van der Waals surface area contributed by atoms with E-state index >= 15 is 0 Å². The predicted octanol–water partition coefficient (Wildman–Crippen LogP) is 2.30. The standard InChI is InChI=1S/C15H16N2O2/c1-3-19-12(2)14-9-15(18)17(16-10-14)11-13-7-5-4-6-8-13/h4-10H,2-3,11H2,1H3/i2D2,3D,9D,10D. The molecule has 19 heavy (non-hydrogen) atoms. The van der Waals surface area contributed by atoms with Crippen LogP contribution >= 0.6 is 0 Å². The van der Waals surface area contributed by atoms with Gasteiger partial charge in [-0.05, 0) is 12.5 Å². The Kier molecular flexibility index (Phi) is 2.51. The molecule has 1 heterocycles. The third kappa shape index (κ3) is 3.31. The minimum absolute atomic E-state index is 0.0983. The molecule has 0 saturated carbocycles. The van der Waals surface area contributed by atoms with E-state index in [4.69, 9.17) is 11.6 Å². The summed E-state index contributed by atoms with van der Waals surface area (Å²) in [6, 6.07) is 8.42. The minimum Gasteiger partial charge on any atom is -0.494 e. The van der Waals surface area contributed by atoms with Gasteiger partial charge in [0, 0.05) is 11.6 Å². The van der Waals surface area contributed by atoms with Crippen LogP contribution < -0.4 is 5.56 Å². The van der Waals surface area contributed by atoms with Crippen molar-refractivity contribution in [3.8, 4) is 0 Å². The van der Waals surface area contributed by atoms with Crippen LogP contribution in [0.4, 0.5) is 0 Å². The van der Waals surface area contributed by atoms with Gasteiger partial charge in [-0.15, -0.1) is 0 Å². The lowest BCUT2D eigenvalue weighted by Gasteiger charge is -2.08. The van der Waals surface area contributed by atoms with E-state index < -0.39 is 36.6 Å². The molecule has 0 N–H and O–H groups in total. The Morgan fingerprint density at radius 2 is 2.37 bits per heavy atom. The molecular formula is C15H16N2O2. The van der Waals surface area contributed by atoms with Gasteiger partial charge in [0.15, 0.2) is 0 Å². The Morgan fingerprint density at radius 3 is 3.05 bits per heavy atom. The molecule has 1 unspecified atom stereocenters. The lowest BCUT2D eigenvalue weighted by Crippen LogP contribution is -2.23. The third-order valence-corrected chi connectivity index (χ3v) is 2.39. The van der Waals surface area contributed by atoms with E-state index in [0.29, 0.717) is 0 Å². The summed E-state index contributed by atoms with van der Waals surface area (Å²) < 4.78 is 44.1. The summed E-state index contributed by atoms with van der Waals surface area (Å²) in [7, 11) is 0. The first-order valence-electron chi connectivity index (χ1n) is 8.28. The van der Waals surface area contributed by atoms with E-state index in [-0.39, 0.29) is 12.1 Å². The first-order valence-corrected chi connectivity index (χ1v) is 5.70. The molecule has 0 aliphatic carbocycles. The molecule has 2 rings (SSSR count). The fourth-order valence-corrected chi connectivity index (χ4v) is 1.50. The van der Waals surface area contributed by atoms with Gasteiger partial charge in [0.05, 0.1) is 26.2 Å². The lowest BCUT2D eigenvalue weighted by molar-refractivity contribution is 0.299. The van der Waals surface area contributed by atoms with Gasteiger partial charge in [-0.2, -0.15) is 5.10 Å². The topological polar surface area (TPSA) is 44.1 Å². The minimum atomic E-state index is -1.11. The van der Waals surface area contributed by atoms with Crippen LogP contribution in [0.5, 0.6) is 0 Å². The van der Waals surface area contributed by atoms with Crippen molar-refractivity contribution in [2.75, 3.05) is 6.58 Å². The zero-order valence-corrected chi connectivity index (χ0v) is 10.4. The number of rotatable bonds is 5. The smallest absolute Gasteiger partial charge is 0.267 e. The fourth-order valence-electron chi connectivity index (χ4n) is 1.50. The van der Waals surface area contributed by atoms with Crippen LogP contribution in [0.15, 0.2) is 53.9 Å². The van der Waals surface area contributed by atoms with Crippen molar-refractivity contribution in [2.45, 2.75) is 13.5 Å². The van der Waals surface area contributed by atoms with Crippen LogP contribution in [-0.2, 0) is 11.3 Å². The van der Waals surface area contributed by atoms with E-state index in [1.807, 2.05) is 6.07 Å². The molecule has 0 bridgehead atoms. The molecule has 0 spiro atoms. The third-order valence-electron chi connectivity index (χ3n) is 2.39. The van der Waals surface area contributed by atoms with Crippen molar-refractivity contribution in [1.29, 1.82) is 0 Å². The fraction of sp³-hybridized carbons (Fsp3) is 0.200. The molecule has 98 valence electrons. The van der Waals surface area contributed by atoms with Gasteiger partial charge in [-0.3, -0.25) is 4.79 Å². The van der Waals surface area contributed by atoms with E-state index in [1.165, 1.54) is 6.92 Å². The number of hydrogen-bond donors (Lipinski definition) is 0. The summed E-state index contributed by atoms with van der Waals surface area (Å²) in [6.45, 7) is -0.476. The SMILES string of the molecule is [2H]C([2H])=C(OC([2H])C)c1c([2H])nn(Cc2ccccc2)c(=O)c1[2H]. The Bertz CT molecular complexity index is 815. The Labute approximate surface area is 119 Å². The first-order chi connectivity index (χ1) is 11.3. The first kappa shape index (κ1) is 7.94. The molecule has 0 aliphatic heterocycles. The van der Waals surface area contributed by atoms with E-state index in [1.54, 1.807) is 24.3 Å². The summed E-state index contributed by atoms with van der Waals surface area (Å²) >= 11 is 0. The number of hydrogen-bond acceptors (Lipinski definition) is 3. The van der Waals surface area contributed by atoms with Crippen molar-refractivity contribution in [3.63, 3.8) is 0 Å². The van der Waals surface area contributed by atoms with Crippen molar-refractivity contribution < 1.29 is 11.6 Å². The lowest BCUT2D eigenvalue weighted by atomic mass is 10.2. The predicted molar refractivity (Wildman–Crippen MR) is 74.7 cm³/mol. The van der Waals surface area contributed by atoms with Gasteiger partial charge in [0.1, 0.15) is 5.76 Å². The number of benzene rings is 1. The molecule has 2 aromatic rings. The van der Waals surface area contributed by atoms with Gasteiger partial charge < -0.3 is 4.74 Å². The highest BCUT2D eigenvalue weighted by Gasteiger charge is 2.04. The van der Waals surface area contributed by atoms with Crippen LogP contribution in [0.25, 0.3) is 5.76 Å². The summed E-state index contributed by atoms with van der Waals surface area (Å²) in [5.74, 6) is -0.469. The molecule has 0 aliphatic rings. The number of nitrogens with zero attached hydrogens (tertiary/aromatic N) is 2. The average molecular weight is 261 g/mol. The van der Waals surface area contributed by atoms with Crippen molar-refractivity contribution in [1.82, 2.24) is 9.78 Å². The van der Waals surface area contributed by atoms with E-state index in [2.05, 4.69) is 5.10 Å². The highest BCUT2D eigenvalue weighted by molar-refractivity contribution is 5.55. The Morgan fingerprint density at radius 1 is 1.58 bits per heavy atom. The quantitative estimate of drug-likeness (QED) is 0.776. The van der Waals surface area contributed by atoms with E-state index in [9.17, 15) is 4.79 Å². The van der Waals surface area contributed by atoms with Crippen molar-refractivity contribution in [3.05, 3.63) is 70.6 Å². The van der Waals surface area contributed by atoms with Crippen LogP contribution in [-0.4, -0.2) is 16.4 Å². The number of ether oxygens (including phenoxy) is 1. The zero-order valence-electron chi connectivity index (χ0n) is 15.4. The maximum absolute atomic E-state index is 12.3. The van der Waals surface area contributed by atoms with Gasteiger partial charge >= 0.3 is 0 Å². The Hall–Kier alpha value is -2.36. The molecule has 1 aromatic heterocycles. The highest BCUT2D eigenvalue weighted by Crippen LogP contribution is 2.09. The summed E-state index contributed by atoms with van der Waals surface area (Å²) in [5, 5.41) is 3.85. The maximum atomic E-state index is 12.3. The second kappa shape index (κ2) is 6.00. The second-order valence-corrected chi connectivity index (χ2v) is 3.74. The normalized spacial score (nSPS) is 15.3. The zero-order chi connectivity index (χ0) is 17.9. The maximum Gasteiger partial charge on any atom is 0.267 e. The monoisotopic (exact) mass is 261 g/mol. The summed E-state index contributed by atoms with van der Waals surface area (Å²) in [5.41, 5.74) is -0.319. The summed E-state index contributed by atoms with van der Waals surface area (Å²) in [6.07, 6.45) is -0.455. The van der Waals surface area contributed by atoms with Gasteiger partial charge in [-0.1, -0.05) is 36.9 Å². The number of aromatic nitrogens is 2. The van der Waals surface area contributed by atoms with Crippen LogP contribution in [0.3, 0.4) is 0 Å². The van der Waals surface area contributed by atoms with Crippen LogP contribution in [0.1, 0.15) is 24.9 Å². The molecule has 0 radical (unpaired) electrons. The van der Waals surface area contributed by atoms with Crippen molar-refractivity contribution >= 4 is 5.76 Å². The summed E-state index contributed by atoms with van der Waals surface area (Å²) in [4.78, 5) is 12.3. The van der Waals surface area contributed by atoms with Crippen LogP contribution in [0, 0.1) is 0 Å². The molecular weight excluding hydrogens is 240 g/mol. The highest BCUT2D eigenvalue weighted by atomic mass is 16.5. The molecule has 0 saturated heterocycles. The van der Waals surface area contributed by atoms with Crippen LogP contribution in [0.2, 0.25) is 0 Å². The largest absolute Gasteiger partial charge is 0.494 e. The second-order valence-electron chi connectivity index (χ2n) is 3.74. The molecule has 1 aromatic carbocycles. The van der Waals surface area contributed by atoms with Gasteiger partial charge in [-0.25, -0.2) is 4.68 Å². The van der Waals surface area contributed by atoms with Gasteiger partial charge in [0.25, 0.3) is 5.56 Å². The molecule has 4 heteroatoms. The van der Waals surface area contributed by atoms with Gasteiger partial charge in [0.2, 0.25) is 0 Å². The molecule has 0 fully saturated rings. The molecule has 1 atom stereocenters. The molecule has 4 nitrogen and oxygen atoms in total. The Balaban J connectivity index is 2.52. The molecule has 0 amide bonds. The van der Waals surface area contributed by atoms with E-state index in [0.717, 1.165) is 10.2 Å².